The number of anilines is 1. The number of amides is 1. The van der Waals surface area contributed by atoms with Gasteiger partial charge in [-0.15, -0.1) is 0 Å². The zero-order valence-corrected chi connectivity index (χ0v) is 14.5. The van der Waals surface area contributed by atoms with Crippen LogP contribution in [0.4, 0.5) is 5.69 Å². The Morgan fingerprint density at radius 1 is 1.30 bits per heavy atom. The third-order valence-corrected chi connectivity index (χ3v) is 4.65. The van der Waals surface area contributed by atoms with Gasteiger partial charge in [-0.1, -0.05) is 0 Å². The fourth-order valence-corrected chi connectivity index (χ4v) is 3.35. The Hall–Kier alpha value is -2.11. The normalized spacial score (nSPS) is 11.3. The Labute approximate surface area is 140 Å². The lowest BCUT2D eigenvalue weighted by Crippen LogP contribution is -2.15. The lowest BCUT2D eigenvalue weighted by Gasteiger charge is -2.10. The molecule has 0 aliphatic heterocycles. The molecule has 0 radical (unpaired) electrons. The number of hydrogen-bond acceptors (Lipinski definition) is 3. The van der Waals surface area contributed by atoms with E-state index in [0.717, 1.165) is 24.2 Å². The van der Waals surface area contributed by atoms with Crippen molar-refractivity contribution in [3.8, 4) is 0 Å². The number of H-pyrrole nitrogens is 1. The summed E-state index contributed by atoms with van der Waals surface area (Å²) >= 11 is 1.53. The van der Waals surface area contributed by atoms with Gasteiger partial charge < -0.3 is 15.2 Å². The number of likely N-dealkylation sites (N-methyl/N-ethyl adjacent to an activating group) is 1. The van der Waals surface area contributed by atoms with Crippen molar-refractivity contribution in [2.75, 3.05) is 26.0 Å². The van der Waals surface area contributed by atoms with E-state index in [0.29, 0.717) is 5.56 Å². The van der Waals surface area contributed by atoms with Crippen molar-refractivity contribution in [3.63, 3.8) is 0 Å². The van der Waals surface area contributed by atoms with Gasteiger partial charge in [-0.3, -0.25) is 4.79 Å². The van der Waals surface area contributed by atoms with Crippen molar-refractivity contribution in [1.82, 2.24) is 9.88 Å². The molecule has 0 saturated carbocycles. The summed E-state index contributed by atoms with van der Waals surface area (Å²) in [6, 6.07) is 7.87. The molecule has 120 valence electrons. The topological polar surface area (TPSA) is 48.1 Å². The van der Waals surface area contributed by atoms with E-state index in [1.54, 1.807) is 0 Å². The van der Waals surface area contributed by atoms with Gasteiger partial charge in [-0.05, 0) is 62.6 Å². The van der Waals surface area contributed by atoms with Gasteiger partial charge in [0.05, 0.1) is 5.56 Å². The highest BCUT2D eigenvalue weighted by atomic mass is 32.1. The van der Waals surface area contributed by atoms with Crippen LogP contribution in [0.5, 0.6) is 0 Å². The van der Waals surface area contributed by atoms with E-state index in [9.17, 15) is 4.79 Å². The number of rotatable bonds is 5. The lowest BCUT2D eigenvalue weighted by atomic mass is 10.1. The van der Waals surface area contributed by atoms with Gasteiger partial charge in [0.15, 0.2) is 0 Å². The van der Waals surface area contributed by atoms with E-state index in [4.69, 9.17) is 0 Å². The van der Waals surface area contributed by atoms with E-state index in [1.165, 1.54) is 28.0 Å². The molecule has 0 fully saturated rings. The minimum Gasteiger partial charge on any atom is -0.358 e. The first-order chi connectivity index (χ1) is 11.0. The maximum Gasteiger partial charge on any atom is 0.256 e. The quantitative estimate of drug-likeness (QED) is 0.747. The molecule has 2 aromatic heterocycles. The summed E-state index contributed by atoms with van der Waals surface area (Å²) in [6.45, 7) is 3.11. The van der Waals surface area contributed by atoms with Gasteiger partial charge in [-0.25, -0.2) is 0 Å². The summed E-state index contributed by atoms with van der Waals surface area (Å²) in [5, 5.41) is 7.94. The van der Waals surface area contributed by atoms with E-state index < -0.39 is 0 Å². The molecular weight excluding hydrogens is 306 g/mol. The first-order valence-corrected chi connectivity index (χ1v) is 8.58. The van der Waals surface area contributed by atoms with Crippen LogP contribution in [0.3, 0.4) is 0 Å². The van der Waals surface area contributed by atoms with Crippen molar-refractivity contribution in [3.05, 3.63) is 51.8 Å². The van der Waals surface area contributed by atoms with Crippen molar-refractivity contribution in [1.29, 1.82) is 0 Å². The Morgan fingerprint density at radius 3 is 2.83 bits per heavy atom. The second-order valence-corrected chi connectivity index (χ2v) is 6.79. The average Bonchev–Trinajstić information content (AvgIpc) is 3.12. The van der Waals surface area contributed by atoms with Crippen LogP contribution >= 0.6 is 11.3 Å². The second-order valence-electron chi connectivity index (χ2n) is 6.01. The molecule has 1 aromatic carbocycles. The van der Waals surface area contributed by atoms with Gasteiger partial charge in [-0.2, -0.15) is 11.3 Å². The summed E-state index contributed by atoms with van der Waals surface area (Å²) in [7, 11) is 4.16. The Balaban J connectivity index is 1.88. The van der Waals surface area contributed by atoms with Crippen LogP contribution in [-0.4, -0.2) is 36.4 Å². The molecule has 0 atom stereocenters. The number of benzene rings is 1. The molecule has 0 unspecified atom stereocenters. The standard InChI is InChI=1S/C18H21N3OS/c1-12-15(6-8-21(2)3)16-10-14(4-5-17(16)19-12)20-18(22)13-7-9-23-11-13/h4-5,7,9-11,19H,6,8H2,1-3H3,(H,20,22). The monoisotopic (exact) mass is 327 g/mol. The van der Waals surface area contributed by atoms with Gasteiger partial charge >= 0.3 is 0 Å². The highest BCUT2D eigenvalue weighted by Gasteiger charge is 2.11. The average molecular weight is 327 g/mol. The minimum absolute atomic E-state index is 0.0623. The largest absolute Gasteiger partial charge is 0.358 e. The van der Waals surface area contributed by atoms with Crippen molar-refractivity contribution < 1.29 is 4.79 Å². The van der Waals surface area contributed by atoms with Gasteiger partial charge in [0.2, 0.25) is 0 Å². The van der Waals surface area contributed by atoms with E-state index in [-0.39, 0.29) is 5.91 Å². The molecule has 2 N–H and O–H groups in total. The fourth-order valence-electron chi connectivity index (χ4n) is 2.71. The van der Waals surface area contributed by atoms with Gasteiger partial charge in [0, 0.05) is 34.2 Å². The van der Waals surface area contributed by atoms with Crippen LogP contribution in [0.25, 0.3) is 10.9 Å². The summed E-state index contributed by atoms with van der Waals surface area (Å²) in [6.07, 6.45) is 0.987. The number of thiophene rings is 1. The third-order valence-electron chi connectivity index (χ3n) is 3.97. The number of fused-ring (bicyclic) bond motifs is 1. The van der Waals surface area contributed by atoms with Crippen molar-refractivity contribution >= 4 is 33.8 Å². The van der Waals surface area contributed by atoms with Gasteiger partial charge in [0.1, 0.15) is 0 Å². The molecular formula is C18H21N3OS. The number of aromatic amines is 1. The third kappa shape index (κ3) is 3.46. The fraction of sp³-hybridized carbons (Fsp3) is 0.278. The highest BCUT2D eigenvalue weighted by molar-refractivity contribution is 7.08. The van der Waals surface area contributed by atoms with Crippen LogP contribution in [-0.2, 0) is 6.42 Å². The molecule has 2 heterocycles. The predicted octanol–water partition coefficient (Wildman–Crippen LogP) is 3.89. The number of carbonyl (C=O) groups excluding carboxylic acids is 1. The van der Waals surface area contributed by atoms with Crippen LogP contribution in [0, 0.1) is 6.92 Å². The zero-order chi connectivity index (χ0) is 16.4. The Bertz CT molecular complexity index is 818. The van der Waals surface area contributed by atoms with Crippen LogP contribution in [0.15, 0.2) is 35.0 Å². The second kappa shape index (κ2) is 6.56. The minimum atomic E-state index is -0.0623. The lowest BCUT2D eigenvalue weighted by molar-refractivity contribution is 0.102. The molecule has 3 aromatic rings. The van der Waals surface area contributed by atoms with Crippen molar-refractivity contribution in [2.45, 2.75) is 13.3 Å². The van der Waals surface area contributed by atoms with E-state index in [1.807, 2.05) is 29.0 Å². The molecule has 4 nitrogen and oxygen atoms in total. The molecule has 1 amide bonds. The zero-order valence-electron chi connectivity index (χ0n) is 13.6. The molecule has 3 rings (SSSR count). The van der Waals surface area contributed by atoms with Gasteiger partial charge in [0.25, 0.3) is 5.91 Å². The maximum atomic E-state index is 12.2. The number of aryl methyl sites for hydroxylation is 1. The number of aromatic nitrogens is 1. The number of carbonyl (C=O) groups is 1. The van der Waals surface area contributed by atoms with Crippen LogP contribution in [0.1, 0.15) is 21.6 Å². The van der Waals surface area contributed by atoms with E-state index >= 15 is 0 Å². The summed E-state index contributed by atoms with van der Waals surface area (Å²) in [4.78, 5) is 17.8. The molecule has 0 spiro atoms. The smallest absolute Gasteiger partial charge is 0.256 e. The first-order valence-electron chi connectivity index (χ1n) is 7.64. The van der Waals surface area contributed by atoms with Crippen LogP contribution in [0.2, 0.25) is 0 Å². The molecule has 0 aliphatic carbocycles. The first kappa shape index (κ1) is 15.8. The molecule has 0 saturated heterocycles. The summed E-state index contributed by atoms with van der Waals surface area (Å²) < 4.78 is 0. The summed E-state index contributed by atoms with van der Waals surface area (Å²) in [5.41, 5.74) is 5.17. The SMILES string of the molecule is Cc1[nH]c2ccc(NC(=O)c3ccsc3)cc2c1CCN(C)C. The maximum absolute atomic E-state index is 12.2. The Kier molecular flexibility index (Phi) is 4.50. The molecule has 5 heteroatoms. The van der Waals surface area contributed by atoms with Crippen LogP contribution < -0.4 is 5.32 Å². The number of nitrogens with zero attached hydrogens (tertiary/aromatic N) is 1. The Morgan fingerprint density at radius 2 is 2.13 bits per heavy atom. The molecule has 0 bridgehead atoms. The summed E-state index contributed by atoms with van der Waals surface area (Å²) in [5.74, 6) is -0.0623. The predicted molar refractivity (Wildman–Crippen MR) is 97.6 cm³/mol. The number of nitrogens with one attached hydrogen (secondary N) is 2. The number of hydrogen-bond donors (Lipinski definition) is 2. The van der Waals surface area contributed by atoms with Crippen molar-refractivity contribution in [2.24, 2.45) is 0 Å². The van der Waals surface area contributed by atoms with E-state index in [2.05, 4.69) is 42.3 Å². The highest BCUT2D eigenvalue weighted by Crippen LogP contribution is 2.26. The molecule has 23 heavy (non-hydrogen) atoms. The molecule has 0 aliphatic rings.